The van der Waals surface area contributed by atoms with Gasteiger partial charge in [0, 0.05) is 17.6 Å². The van der Waals surface area contributed by atoms with Crippen molar-refractivity contribution < 1.29 is 9.50 Å². The number of benzene rings is 1. The Morgan fingerprint density at radius 2 is 2.11 bits per heavy atom. The van der Waals surface area contributed by atoms with Crippen molar-refractivity contribution in [3.05, 3.63) is 34.1 Å². The maximum absolute atomic E-state index is 13.1. The Bertz CT molecular complexity index is 393. The van der Waals surface area contributed by atoms with Crippen molar-refractivity contribution in [2.75, 3.05) is 6.54 Å². The Kier molecular flexibility index (Phi) is 5.76. The van der Waals surface area contributed by atoms with Gasteiger partial charge < -0.3 is 10.4 Å². The van der Waals surface area contributed by atoms with Crippen molar-refractivity contribution in [3.63, 3.8) is 0 Å². The van der Waals surface area contributed by atoms with Crippen molar-refractivity contribution in [1.82, 2.24) is 5.32 Å². The molecule has 0 saturated carbocycles. The van der Waals surface area contributed by atoms with Crippen molar-refractivity contribution in [2.24, 2.45) is 5.41 Å². The summed E-state index contributed by atoms with van der Waals surface area (Å²) in [6.07, 6.45) is 0.437. The SMILES string of the molecule is CC(O)CC(C)(C)CNCc1cc(F)ccc1Br. The van der Waals surface area contributed by atoms with Crippen LogP contribution in [0.5, 0.6) is 0 Å². The first-order chi connectivity index (χ1) is 8.30. The monoisotopic (exact) mass is 317 g/mol. The average Bonchev–Trinajstić information content (AvgIpc) is 2.21. The third kappa shape index (κ3) is 5.46. The van der Waals surface area contributed by atoms with Crippen LogP contribution in [0.3, 0.4) is 0 Å². The highest BCUT2D eigenvalue weighted by molar-refractivity contribution is 9.10. The molecule has 102 valence electrons. The van der Waals surface area contributed by atoms with Crippen LogP contribution in [0.2, 0.25) is 0 Å². The number of nitrogens with one attached hydrogen (secondary N) is 1. The van der Waals surface area contributed by atoms with Crippen LogP contribution in [-0.2, 0) is 6.54 Å². The van der Waals surface area contributed by atoms with Crippen LogP contribution >= 0.6 is 15.9 Å². The number of hydrogen-bond donors (Lipinski definition) is 2. The molecule has 0 heterocycles. The quantitative estimate of drug-likeness (QED) is 0.842. The molecule has 2 N–H and O–H groups in total. The number of halogens is 2. The predicted molar refractivity (Wildman–Crippen MR) is 75.9 cm³/mol. The molecule has 0 fully saturated rings. The summed E-state index contributed by atoms with van der Waals surface area (Å²) in [5.74, 6) is -0.224. The van der Waals surface area contributed by atoms with E-state index in [0.29, 0.717) is 6.54 Å². The van der Waals surface area contributed by atoms with E-state index in [0.717, 1.165) is 23.0 Å². The summed E-state index contributed by atoms with van der Waals surface area (Å²) in [6.45, 7) is 7.40. The van der Waals surface area contributed by atoms with Crippen LogP contribution in [0.15, 0.2) is 22.7 Å². The van der Waals surface area contributed by atoms with Crippen molar-refractivity contribution in [1.29, 1.82) is 0 Å². The van der Waals surface area contributed by atoms with Crippen LogP contribution in [0.1, 0.15) is 32.8 Å². The van der Waals surface area contributed by atoms with Crippen LogP contribution in [0.25, 0.3) is 0 Å². The lowest BCUT2D eigenvalue weighted by Gasteiger charge is -2.26. The van der Waals surface area contributed by atoms with Crippen LogP contribution in [0.4, 0.5) is 4.39 Å². The first kappa shape index (κ1) is 15.6. The number of aliphatic hydroxyl groups is 1. The van der Waals surface area contributed by atoms with E-state index in [1.54, 1.807) is 13.0 Å². The number of hydrogen-bond acceptors (Lipinski definition) is 2. The number of rotatable bonds is 6. The zero-order valence-electron chi connectivity index (χ0n) is 11.1. The molecule has 1 rings (SSSR count). The summed E-state index contributed by atoms with van der Waals surface area (Å²) < 4.78 is 14.0. The Morgan fingerprint density at radius 1 is 1.44 bits per heavy atom. The molecule has 0 amide bonds. The molecule has 0 aromatic heterocycles. The fourth-order valence-corrected chi connectivity index (χ4v) is 2.47. The van der Waals surface area contributed by atoms with Gasteiger partial charge in [0.2, 0.25) is 0 Å². The average molecular weight is 318 g/mol. The molecule has 0 aliphatic rings. The van der Waals surface area contributed by atoms with E-state index in [4.69, 9.17) is 0 Å². The van der Waals surface area contributed by atoms with Gasteiger partial charge in [-0.15, -0.1) is 0 Å². The summed E-state index contributed by atoms with van der Waals surface area (Å²) in [7, 11) is 0. The fraction of sp³-hybridized carbons (Fsp3) is 0.571. The van der Waals surface area contributed by atoms with E-state index in [-0.39, 0.29) is 17.3 Å². The van der Waals surface area contributed by atoms with Gasteiger partial charge in [0.1, 0.15) is 5.82 Å². The second-order valence-electron chi connectivity index (χ2n) is 5.56. The third-order valence-electron chi connectivity index (χ3n) is 2.77. The van der Waals surface area contributed by atoms with E-state index in [9.17, 15) is 9.50 Å². The minimum Gasteiger partial charge on any atom is -0.393 e. The summed E-state index contributed by atoms with van der Waals surface area (Å²) >= 11 is 3.40. The topological polar surface area (TPSA) is 32.3 Å². The normalized spacial score (nSPS) is 13.7. The molecule has 1 aromatic carbocycles. The molecule has 1 aromatic rings. The molecule has 0 aliphatic carbocycles. The van der Waals surface area contributed by atoms with Gasteiger partial charge in [-0.2, -0.15) is 0 Å². The molecule has 0 radical (unpaired) electrons. The maximum atomic E-state index is 13.1. The molecule has 1 unspecified atom stereocenters. The highest BCUT2D eigenvalue weighted by Crippen LogP contribution is 2.22. The maximum Gasteiger partial charge on any atom is 0.123 e. The van der Waals surface area contributed by atoms with Gasteiger partial charge in [-0.25, -0.2) is 4.39 Å². The molecule has 0 saturated heterocycles. The number of aliphatic hydroxyl groups excluding tert-OH is 1. The zero-order chi connectivity index (χ0) is 13.8. The first-order valence-electron chi connectivity index (χ1n) is 6.13. The standard InChI is InChI=1S/C14H21BrFNO/c1-10(18)7-14(2,3)9-17-8-11-6-12(16)4-5-13(11)15/h4-6,10,17-18H,7-9H2,1-3H3. The Morgan fingerprint density at radius 3 is 2.72 bits per heavy atom. The fourth-order valence-electron chi connectivity index (χ4n) is 2.09. The molecular formula is C14H21BrFNO. The summed E-state index contributed by atoms with van der Waals surface area (Å²) in [5.41, 5.74) is 0.927. The lowest BCUT2D eigenvalue weighted by atomic mass is 9.87. The van der Waals surface area contributed by atoms with Gasteiger partial charge in [0.15, 0.2) is 0 Å². The minimum atomic E-state index is -0.303. The molecule has 18 heavy (non-hydrogen) atoms. The van der Waals surface area contributed by atoms with Gasteiger partial charge in [0.25, 0.3) is 0 Å². The lowest BCUT2D eigenvalue weighted by Crippen LogP contribution is -2.31. The molecule has 0 spiro atoms. The summed E-state index contributed by atoms with van der Waals surface area (Å²) in [5, 5.41) is 12.7. The van der Waals surface area contributed by atoms with E-state index in [2.05, 4.69) is 35.1 Å². The largest absolute Gasteiger partial charge is 0.393 e. The van der Waals surface area contributed by atoms with Crippen LogP contribution in [0, 0.1) is 11.2 Å². The van der Waals surface area contributed by atoms with Gasteiger partial charge >= 0.3 is 0 Å². The van der Waals surface area contributed by atoms with Gasteiger partial charge in [-0.3, -0.25) is 0 Å². The van der Waals surface area contributed by atoms with Crippen LogP contribution < -0.4 is 5.32 Å². The second kappa shape index (κ2) is 6.64. The molecule has 0 aliphatic heterocycles. The third-order valence-corrected chi connectivity index (χ3v) is 3.55. The van der Waals surface area contributed by atoms with Crippen molar-refractivity contribution >= 4 is 15.9 Å². The molecule has 1 atom stereocenters. The second-order valence-corrected chi connectivity index (χ2v) is 6.41. The van der Waals surface area contributed by atoms with Crippen LogP contribution in [-0.4, -0.2) is 17.8 Å². The molecular weight excluding hydrogens is 297 g/mol. The highest BCUT2D eigenvalue weighted by atomic mass is 79.9. The lowest BCUT2D eigenvalue weighted by molar-refractivity contribution is 0.128. The van der Waals surface area contributed by atoms with Gasteiger partial charge in [-0.1, -0.05) is 29.8 Å². The minimum absolute atomic E-state index is 0.0218. The van der Waals surface area contributed by atoms with E-state index < -0.39 is 0 Å². The van der Waals surface area contributed by atoms with Crippen molar-refractivity contribution in [3.8, 4) is 0 Å². The molecule has 0 bridgehead atoms. The highest BCUT2D eigenvalue weighted by Gasteiger charge is 2.19. The summed E-state index contributed by atoms with van der Waals surface area (Å²) in [6, 6.07) is 4.68. The van der Waals surface area contributed by atoms with E-state index in [1.165, 1.54) is 12.1 Å². The Balaban J connectivity index is 2.48. The predicted octanol–water partition coefficient (Wildman–Crippen LogP) is 3.47. The van der Waals surface area contributed by atoms with Gasteiger partial charge in [0.05, 0.1) is 6.10 Å². The first-order valence-corrected chi connectivity index (χ1v) is 6.92. The molecule has 2 nitrogen and oxygen atoms in total. The summed E-state index contributed by atoms with van der Waals surface area (Å²) in [4.78, 5) is 0. The zero-order valence-corrected chi connectivity index (χ0v) is 12.7. The van der Waals surface area contributed by atoms with Crippen molar-refractivity contribution in [2.45, 2.75) is 39.8 Å². The van der Waals surface area contributed by atoms with E-state index in [1.807, 2.05) is 0 Å². The smallest absolute Gasteiger partial charge is 0.123 e. The Labute approximate surface area is 117 Å². The van der Waals surface area contributed by atoms with E-state index >= 15 is 0 Å². The van der Waals surface area contributed by atoms with Gasteiger partial charge in [-0.05, 0) is 42.5 Å². The Hall–Kier alpha value is -0.450. The molecule has 4 heteroatoms.